The second-order valence-corrected chi connectivity index (χ2v) is 4.40. The molecule has 3 nitrogen and oxygen atoms in total. The normalized spacial score (nSPS) is 12.2. The van der Waals surface area contributed by atoms with Crippen LogP contribution in [0.1, 0.15) is 45.2 Å². The molecular weight excluding hydrogens is 212 g/mol. The van der Waals surface area contributed by atoms with Crippen molar-refractivity contribution in [2.45, 2.75) is 46.5 Å². The van der Waals surface area contributed by atoms with Gasteiger partial charge < -0.3 is 5.32 Å². The van der Waals surface area contributed by atoms with Crippen LogP contribution < -0.4 is 5.32 Å². The molecule has 1 aromatic rings. The van der Waals surface area contributed by atoms with Crippen LogP contribution in [0.25, 0.3) is 0 Å². The molecule has 17 heavy (non-hydrogen) atoms. The maximum absolute atomic E-state index is 12.0. The van der Waals surface area contributed by atoms with Gasteiger partial charge in [-0.25, -0.2) is 4.98 Å². The van der Waals surface area contributed by atoms with Gasteiger partial charge in [0.2, 0.25) is 5.91 Å². The zero-order valence-corrected chi connectivity index (χ0v) is 11.0. The van der Waals surface area contributed by atoms with Crippen molar-refractivity contribution in [3.8, 4) is 0 Å². The van der Waals surface area contributed by atoms with Crippen LogP contribution in [0.5, 0.6) is 0 Å². The zero-order chi connectivity index (χ0) is 12.7. The fourth-order valence-electron chi connectivity index (χ4n) is 1.81. The molecule has 0 saturated carbocycles. The Morgan fingerprint density at radius 3 is 2.76 bits per heavy atom. The highest BCUT2D eigenvalue weighted by Gasteiger charge is 2.16. The van der Waals surface area contributed by atoms with Crippen molar-refractivity contribution in [1.82, 2.24) is 4.98 Å². The molecule has 0 unspecified atom stereocenters. The molecule has 1 N–H and O–H groups in total. The molecule has 0 aliphatic carbocycles. The van der Waals surface area contributed by atoms with E-state index < -0.39 is 0 Å². The summed E-state index contributed by atoms with van der Waals surface area (Å²) in [6, 6.07) is 5.66. The van der Waals surface area contributed by atoms with Crippen LogP contribution in [0.3, 0.4) is 0 Å². The number of aryl methyl sites for hydroxylation is 1. The Hall–Kier alpha value is -1.38. The van der Waals surface area contributed by atoms with E-state index in [0.717, 1.165) is 31.4 Å². The van der Waals surface area contributed by atoms with Crippen molar-refractivity contribution in [2.75, 3.05) is 5.32 Å². The molecule has 3 heteroatoms. The molecular formula is C14H22N2O. The highest BCUT2D eigenvalue weighted by atomic mass is 16.1. The summed E-state index contributed by atoms with van der Waals surface area (Å²) < 4.78 is 0. The van der Waals surface area contributed by atoms with Gasteiger partial charge in [0.15, 0.2) is 0 Å². The minimum Gasteiger partial charge on any atom is -0.310 e. The SMILES string of the molecule is CCCC[C@H](CC)C(=O)Nc1cccc(C)n1. The molecule has 1 rings (SSSR count). The van der Waals surface area contributed by atoms with Crippen molar-refractivity contribution in [3.63, 3.8) is 0 Å². The Morgan fingerprint density at radius 2 is 2.18 bits per heavy atom. The topological polar surface area (TPSA) is 42.0 Å². The largest absolute Gasteiger partial charge is 0.310 e. The second kappa shape index (κ2) is 7.05. The molecule has 0 saturated heterocycles. The van der Waals surface area contributed by atoms with Crippen LogP contribution in [0.4, 0.5) is 5.82 Å². The lowest BCUT2D eigenvalue weighted by molar-refractivity contribution is -0.120. The van der Waals surface area contributed by atoms with Gasteiger partial charge in [-0.3, -0.25) is 4.79 Å². The van der Waals surface area contributed by atoms with Crippen molar-refractivity contribution in [2.24, 2.45) is 5.92 Å². The molecule has 0 spiro atoms. The number of unbranched alkanes of at least 4 members (excludes halogenated alkanes) is 1. The number of hydrogen-bond donors (Lipinski definition) is 1. The van der Waals surface area contributed by atoms with E-state index in [1.807, 2.05) is 25.1 Å². The summed E-state index contributed by atoms with van der Waals surface area (Å²) in [4.78, 5) is 16.3. The highest BCUT2D eigenvalue weighted by Crippen LogP contribution is 2.15. The quantitative estimate of drug-likeness (QED) is 0.818. The molecule has 0 fully saturated rings. The Labute approximate surface area is 104 Å². The smallest absolute Gasteiger partial charge is 0.228 e. The van der Waals surface area contributed by atoms with Crippen molar-refractivity contribution in [1.29, 1.82) is 0 Å². The number of carbonyl (C=O) groups is 1. The minimum absolute atomic E-state index is 0.0963. The van der Waals surface area contributed by atoms with E-state index in [4.69, 9.17) is 0 Å². The Morgan fingerprint density at radius 1 is 1.41 bits per heavy atom. The zero-order valence-electron chi connectivity index (χ0n) is 11.0. The molecule has 1 atom stereocenters. The first-order valence-electron chi connectivity index (χ1n) is 6.41. The number of anilines is 1. The number of nitrogens with one attached hydrogen (secondary N) is 1. The van der Waals surface area contributed by atoms with E-state index in [1.165, 1.54) is 0 Å². The van der Waals surface area contributed by atoms with E-state index in [1.54, 1.807) is 0 Å². The van der Waals surface area contributed by atoms with Gasteiger partial charge in [0, 0.05) is 11.6 Å². The molecule has 0 aliphatic rings. The first kappa shape index (κ1) is 13.7. The number of aromatic nitrogens is 1. The monoisotopic (exact) mass is 234 g/mol. The summed E-state index contributed by atoms with van der Waals surface area (Å²) >= 11 is 0. The molecule has 0 aromatic carbocycles. The molecule has 1 aromatic heterocycles. The van der Waals surface area contributed by atoms with Crippen molar-refractivity contribution >= 4 is 11.7 Å². The number of pyridine rings is 1. The van der Waals surface area contributed by atoms with Gasteiger partial charge in [0.25, 0.3) is 0 Å². The van der Waals surface area contributed by atoms with Crippen LogP contribution in [0, 0.1) is 12.8 Å². The van der Waals surface area contributed by atoms with Crippen LogP contribution in [0.2, 0.25) is 0 Å². The predicted molar refractivity (Wildman–Crippen MR) is 70.9 cm³/mol. The van der Waals surface area contributed by atoms with Gasteiger partial charge in [0.1, 0.15) is 5.82 Å². The fourth-order valence-corrected chi connectivity index (χ4v) is 1.81. The summed E-state index contributed by atoms with van der Waals surface area (Å²) in [7, 11) is 0. The van der Waals surface area contributed by atoms with Crippen LogP contribution >= 0.6 is 0 Å². The average Bonchev–Trinajstić information content (AvgIpc) is 2.30. The van der Waals surface area contributed by atoms with Crippen LogP contribution in [0.15, 0.2) is 18.2 Å². The summed E-state index contributed by atoms with van der Waals surface area (Å²) in [5.74, 6) is 0.862. The lowest BCUT2D eigenvalue weighted by atomic mass is 9.98. The summed E-state index contributed by atoms with van der Waals surface area (Å²) in [6.07, 6.45) is 4.09. The third-order valence-corrected chi connectivity index (χ3v) is 2.91. The van der Waals surface area contributed by atoms with E-state index in [2.05, 4.69) is 24.1 Å². The fraction of sp³-hybridized carbons (Fsp3) is 0.571. The van der Waals surface area contributed by atoms with Gasteiger partial charge >= 0.3 is 0 Å². The third kappa shape index (κ3) is 4.55. The average molecular weight is 234 g/mol. The van der Waals surface area contributed by atoms with Crippen molar-refractivity contribution < 1.29 is 4.79 Å². The number of hydrogen-bond acceptors (Lipinski definition) is 2. The Bertz CT molecular complexity index is 363. The van der Waals surface area contributed by atoms with Crippen LogP contribution in [-0.2, 0) is 4.79 Å². The number of rotatable bonds is 6. The summed E-state index contributed by atoms with van der Waals surface area (Å²) in [6.45, 7) is 6.13. The second-order valence-electron chi connectivity index (χ2n) is 4.40. The first-order valence-corrected chi connectivity index (χ1v) is 6.41. The Balaban J connectivity index is 2.57. The molecule has 1 heterocycles. The third-order valence-electron chi connectivity index (χ3n) is 2.91. The van der Waals surface area contributed by atoms with E-state index in [9.17, 15) is 4.79 Å². The summed E-state index contributed by atoms with van der Waals surface area (Å²) in [5, 5.41) is 2.89. The maximum atomic E-state index is 12.0. The van der Waals surface area contributed by atoms with Gasteiger partial charge in [-0.2, -0.15) is 0 Å². The minimum atomic E-state index is 0.0963. The molecule has 0 radical (unpaired) electrons. The van der Waals surface area contributed by atoms with Gasteiger partial charge in [-0.05, 0) is 31.9 Å². The highest BCUT2D eigenvalue weighted by molar-refractivity contribution is 5.91. The van der Waals surface area contributed by atoms with Crippen molar-refractivity contribution in [3.05, 3.63) is 23.9 Å². The standard InChI is InChI=1S/C14H22N2O/c1-4-6-9-12(5-2)14(17)16-13-10-7-8-11(3)15-13/h7-8,10,12H,4-6,9H2,1-3H3,(H,15,16,17)/t12-/m0/s1. The van der Waals surface area contributed by atoms with Gasteiger partial charge in [-0.1, -0.05) is 32.8 Å². The summed E-state index contributed by atoms with van der Waals surface area (Å²) in [5.41, 5.74) is 0.921. The lowest BCUT2D eigenvalue weighted by Crippen LogP contribution is -2.22. The van der Waals surface area contributed by atoms with Gasteiger partial charge in [0.05, 0.1) is 0 Å². The molecule has 94 valence electrons. The Kier molecular flexibility index (Phi) is 5.67. The molecule has 0 aliphatic heterocycles. The first-order chi connectivity index (χ1) is 8.17. The molecule has 0 bridgehead atoms. The van der Waals surface area contributed by atoms with E-state index in [-0.39, 0.29) is 11.8 Å². The number of carbonyl (C=O) groups excluding carboxylic acids is 1. The van der Waals surface area contributed by atoms with Crippen LogP contribution in [-0.4, -0.2) is 10.9 Å². The van der Waals surface area contributed by atoms with E-state index in [0.29, 0.717) is 5.82 Å². The van der Waals surface area contributed by atoms with E-state index >= 15 is 0 Å². The maximum Gasteiger partial charge on any atom is 0.228 e. The predicted octanol–water partition coefficient (Wildman–Crippen LogP) is 3.54. The van der Waals surface area contributed by atoms with Gasteiger partial charge in [-0.15, -0.1) is 0 Å². The molecule has 1 amide bonds. The number of amides is 1. The lowest BCUT2D eigenvalue weighted by Gasteiger charge is -2.14. The number of nitrogens with zero attached hydrogens (tertiary/aromatic N) is 1.